The Morgan fingerprint density at radius 2 is 2.00 bits per heavy atom. The molecule has 0 saturated heterocycles. The molecule has 0 radical (unpaired) electrons. The molecule has 94 valence electrons. The van der Waals surface area contributed by atoms with E-state index >= 15 is 0 Å². The minimum atomic E-state index is 0.0251. The van der Waals surface area contributed by atoms with Gasteiger partial charge in [-0.05, 0) is 24.3 Å². The van der Waals surface area contributed by atoms with Gasteiger partial charge in [-0.3, -0.25) is 4.79 Å². The van der Waals surface area contributed by atoms with Crippen molar-refractivity contribution in [3.8, 4) is 0 Å². The Balaban J connectivity index is 2.14. The average molecular weight is 242 g/mol. The van der Waals surface area contributed by atoms with Gasteiger partial charge in [-0.25, -0.2) is 0 Å². The van der Waals surface area contributed by atoms with Crippen molar-refractivity contribution >= 4 is 16.8 Å². The predicted octanol–water partition coefficient (Wildman–Crippen LogP) is 4.32. The molecule has 0 bridgehead atoms. The first kappa shape index (κ1) is 11.5. The summed E-state index contributed by atoms with van der Waals surface area (Å²) in [5.74, 6) is 0.916. The summed E-state index contributed by atoms with van der Waals surface area (Å²) >= 11 is 0. The summed E-state index contributed by atoms with van der Waals surface area (Å²) in [5.41, 5.74) is 2.06. The minimum Gasteiger partial charge on any atom is -0.453 e. The molecule has 1 fully saturated rings. The highest BCUT2D eigenvalue weighted by Crippen LogP contribution is 2.36. The third kappa shape index (κ3) is 1.86. The highest BCUT2D eigenvalue weighted by molar-refractivity contribution is 6.00. The van der Waals surface area contributed by atoms with Gasteiger partial charge < -0.3 is 4.42 Å². The lowest BCUT2D eigenvalue weighted by atomic mass is 9.86. The number of benzene rings is 1. The van der Waals surface area contributed by atoms with Crippen molar-refractivity contribution < 1.29 is 9.21 Å². The Kier molecular flexibility index (Phi) is 2.37. The first-order chi connectivity index (χ1) is 8.47. The molecule has 2 aromatic rings. The standard InChI is InChI=1S/C16H18O2/c1-16(2,3)12-6-4-5-11-9-13(18-15(11)12)14(17)10-7-8-10/h4-6,9-10H,7-8H2,1-3H3. The van der Waals surface area contributed by atoms with Crippen LogP contribution < -0.4 is 0 Å². The van der Waals surface area contributed by atoms with Gasteiger partial charge in [0.25, 0.3) is 0 Å². The van der Waals surface area contributed by atoms with E-state index in [2.05, 4.69) is 26.8 Å². The molecule has 2 nitrogen and oxygen atoms in total. The number of fused-ring (bicyclic) bond motifs is 1. The lowest BCUT2D eigenvalue weighted by Crippen LogP contribution is -2.11. The number of carbonyl (C=O) groups excluding carboxylic acids is 1. The molecule has 1 heterocycles. The van der Waals surface area contributed by atoms with Crippen LogP contribution >= 0.6 is 0 Å². The molecule has 2 heteroatoms. The van der Waals surface area contributed by atoms with Crippen LogP contribution in [0.25, 0.3) is 11.0 Å². The second-order valence-electron chi connectivity index (χ2n) is 6.22. The van der Waals surface area contributed by atoms with E-state index in [0.29, 0.717) is 5.76 Å². The zero-order valence-corrected chi connectivity index (χ0v) is 11.1. The number of para-hydroxylation sites is 1. The highest BCUT2D eigenvalue weighted by Gasteiger charge is 2.33. The maximum atomic E-state index is 12.0. The molecular formula is C16H18O2. The Morgan fingerprint density at radius 1 is 1.28 bits per heavy atom. The molecule has 3 rings (SSSR count). The summed E-state index contributed by atoms with van der Waals surface area (Å²) in [6, 6.07) is 8.02. The topological polar surface area (TPSA) is 30.2 Å². The number of carbonyl (C=O) groups is 1. The van der Waals surface area contributed by atoms with E-state index in [0.717, 1.165) is 29.4 Å². The summed E-state index contributed by atoms with van der Waals surface area (Å²) in [6.07, 6.45) is 2.03. The summed E-state index contributed by atoms with van der Waals surface area (Å²) in [6.45, 7) is 6.48. The Morgan fingerprint density at radius 3 is 2.61 bits per heavy atom. The lowest BCUT2D eigenvalue weighted by molar-refractivity contribution is 0.0942. The van der Waals surface area contributed by atoms with E-state index in [4.69, 9.17) is 4.42 Å². The lowest BCUT2D eigenvalue weighted by Gasteiger charge is -2.18. The van der Waals surface area contributed by atoms with E-state index in [1.165, 1.54) is 0 Å². The van der Waals surface area contributed by atoms with Crippen molar-refractivity contribution in [2.24, 2.45) is 5.92 Å². The van der Waals surface area contributed by atoms with Crippen molar-refractivity contribution in [3.05, 3.63) is 35.6 Å². The largest absolute Gasteiger partial charge is 0.453 e. The fraction of sp³-hybridized carbons (Fsp3) is 0.438. The number of ketones is 1. The molecule has 1 aromatic heterocycles. The molecule has 1 saturated carbocycles. The zero-order chi connectivity index (χ0) is 12.9. The van der Waals surface area contributed by atoms with Gasteiger partial charge in [0.2, 0.25) is 5.78 Å². The number of Topliss-reactive ketones (excluding diaryl/α,β-unsaturated/α-hetero) is 1. The number of rotatable bonds is 2. The van der Waals surface area contributed by atoms with Gasteiger partial charge in [0.1, 0.15) is 5.58 Å². The monoisotopic (exact) mass is 242 g/mol. The van der Waals surface area contributed by atoms with Gasteiger partial charge in [0, 0.05) is 16.9 Å². The number of hydrogen-bond acceptors (Lipinski definition) is 2. The first-order valence-corrected chi connectivity index (χ1v) is 6.54. The predicted molar refractivity (Wildman–Crippen MR) is 72.0 cm³/mol. The number of hydrogen-bond donors (Lipinski definition) is 0. The Bertz CT molecular complexity index is 610. The summed E-state index contributed by atoms with van der Waals surface area (Å²) in [7, 11) is 0. The minimum absolute atomic E-state index is 0.0251. The molecule has 0 atom stereocenters. The third-order valence-electron chi connectivity index (χ3n) is 3.54. The fourth-order valence-electron chi connectivity index (χ4n) is 2.32. The van der Waals surface area contributed by atoms with Gasteiger partial charge in [-0.2, -0.15) is 0 Å². The SMILES string of the molecule is CC(C)(C)c1cccc2cc(C(=O)C3CC3)oc12. The molecule has 1 aliphatic rings. The van der Waals surface area contributed by atoms with Gasteiger partial charge in [0.05, 0.1) is 0 Å². The first-order valence-electron chi connectivity index (χ1n) is 6.54. The van der Waals surface area contributed by atoms with Crippen LogP contribution in [0.15, 0.2) is 28.7 Å². The van der Waals surface area contributed by atoms with Crippen LogP contribution in [0.5, 0.6) is 0 Å². The number of furan rings is 1. The third-order valence-corrected chi connectivity index (χ3v) is 3.54. The summed E-state index contributed by atoms with van der Waals surface area (Å²) < 4.78 is 5.84. The summed E-state index contributed by atoms with van der Waals surface area (Å²) in [5, 5.41) is 1.03. The Hall–Kier alpha value is -1.57. The van der Waals surface area contributed by atoms with Crippen LogP contribution in [0.2, 0.25) is 0 Å². The normalized spacial score (nSPS) is 16.2. The second-order valence-corrected chi connectivity index (χ2v) is 6.22. The fourth-order valence-corrected chi connectivity index (χ4v) is 2.32. The van der Waals surface area contributed by atoms with Crippen molar-refractivity contribution in [2.45, 2.75) is 39.0 Å². The van der Waals surface area contributed by atoms with Crippen LogP contribution in [-0.2, 0) is 5.41 Å². The van der Waals surface area contributed by atoms with E-state index < -0.39 is 0 Å². The highest BCUT2D eigenvalue weighted by atomic mass is 16.3. The van der Waals surface area contributed by atoms with Crippen molar-refractivity contribution in [1.29, 1.82) is 0 Å². The molecule has 0 aliphatic heterocycles. The molecular weight excluding hydrogens is 224 g/mol. The molecule has 1 aromatic carbocycles. The van der Waals surface area contributed by atoms with Gasteiger partial charge in [0.15, 0.2) is 5.76 Å². The quantitative estimate of drug-likeness (QED) is 0.734. The molecule has 1 aliphatic carbocycles. The van der Waals surface area contributed by atoms with Crippen LogP contribution in [0.4, 0.5) is 0 Å². The second kappa shape index (κ2) is 3.71. The van der Waals surface area contributed by atoms with Gasteiger partial charge in [-0.15, -0.1) is 0 Å². The van der Waals surface area contributed by atoms with Crippen LogP contribution in [-0.4, -0.2) is 5.78 Å². The van der Waals surface area contributed by atoms with Crippen molar-refractivity contribution in [1.82, 2.24) is 0 Å². The zero-order valence-electron chi connectivity index (χ0n) is 11.1. The molecule has 18 heavy (non-hydrogen) atoms. The molecule has 0 amide bonds. The molecule has 0 N–H and O–H groups in total. The maximum absolute atomic E-state index is 12.0. The van der Waals surface area contributed by atoms with E-state index in [1.807, 2.05) is 18.2 Å². The maximum Gasteiger partial charge on any atom is 0.201 e. The smallest absolute Gasteiger partial charge is 0.201 e. The van der Waals surface area contributed by atoms with Crippen LogP contribution in [0, 0.1) is 5.92 Å². The van der Waals surface area contributed by atoms with Gasteiger partial charge >= 0.3 is 0 Å². The van der Waals surface area contributed by atoms with Crippen LogP contribution in [0.1, 0.15) is 49.7 Å². The summed E-state index contributed by atoms with van der Waals surface area (Å²) in [4.78, 5) is 12.0. The van der Waals surface area contributed by atoms with Gasteiger partial charge in [-0.1, -0.05) is 39.0 Å². The molecule has 0 spiro atoms. The van der Waals surface area contributed by atoms with Crippen molar-refractivity contribution in [2.75, 3.05) is 0 Å². The average Bonchev–Trinajstić information content (AvgIpc) is 3.04. The van der Waals surface area contributed by atoms with E-state index in [1.54, 1.807) is 0 Å². The molecule has 0 unspecified atom stereocenters. The van der Waals surface area contributed by atoms with E-state index in [-0.39, 0.29) is 17.1 Å². The Labute approximate surface area is 107 Å². The van der Waals surface area contributed by atoms with Crippen LogP contribution in [0.3, 0.4) is 0 Å². The van der Waals surface area contributed by atoms with Crippen molar-refractivity contribution in [3.63, 3.8) is 0 Å². The van der Waals surface area contributed by atoms with E-state index in [9.17, 15) is 4.79 Å².